The predicted molar refractivity (Wildman–Crippen MR) is 49.0 cm³/mol. The average Bonchev–Trinajstić information content (AvgIpc) is 2.17. The van der Waals surface area contributed by atoms with Crippen LogP contribution in [0.15, 0.2) is 12.3 Å². The van der Waals surface area contributed by atoms with Crippen LogP contribution in [0.5, 0.6) is 0 Å². The lowest BCUT2D eigenvalue weighted by Gasteiger charge is -2.16. The second-order valence-corrected chi connectivity index (χ2v) is 2.89. The second-order valence-electron chi connectivity index (χ2n) is 2.89. The van der Waals surface area contributed by atoms with E-state index in [9.17, 15) is 0 Å². The molecule has 0 radical (unpaired) electrons. The minimum atomic E-state index is 0.850. The molecule has 0 saturated heterocycles. The SMILES string of the molecule is C#Cc1cnc2c(c1)NCCC2. The number of anilines is 1. The van der Waals surface area contributed by atoms with Crippen LogP contribution in [0.2, 0.25) is 0 Å². The zero-order valence-corrected chi connectivity index (χ0v) is 6.80. The van der Waals surface area contributed by atoms with Gasteiger partial charge in [0.15, 0.2) is 0 Å². The van der Waals surface area contributed by atoms with Gasteiger partial charge in [-0.15, -0.1) is 6.42 Å². The van der Waals surface area contributed by atoms with Crippen molar-refractivity contribution in [2.75, 3.05) is 11.9 Å². The molecule has 0 spiro atoms. The molecule has 0 saturated carbocycles. The highest BCUT2D eigenvalue weighted by Crippen LogP contribution is 2.19. The van der Waals surface area contributed by atoms with Crippen molar-refractivity contribution in [3.05, 3.63) is 23.5 Å². The first-order chi connectivity index (χ1) is 5.90. The van der Waals surface area contributed by atoms with Crippen molar-refractivity contribution in [3.8, 4) is 12.3 Å². The Hall–Kier alpha value is -1.49. The highest BCUT2D eigenvalue weighted by molar-refractivity contribution is 5.53. The second kappa shape index (κ2) is 2.86. The van der Waals surface area contributed by atoms with Gasteiger partial charge in [0, 0.05) is 18.3 Å². The normalized spacial score (nSPS) is 14.2. The van der Waals surface area contributed by atoms with Crippen molar-refractivity contribution in [2.45, 2.75) is 12.8 Å². The molecule has 12 heavy (non-hydrogen) atoms. The van der Waals surface area contributed by atoms with Crippen LogP contribution in [0.25, 0.3) is 0 Å². The molecule has 1 aromatic rings. The Kier molecular flexibility index (Phi) is 1.71. The van der Waals surface area contributed by atoms with E-state index in [0.29, 0.717) is 0 Å². The summed E-state index contributed by atoms with van der Waals surface area (Å²) >= 11 is 0. The minimum absolute atomic E-state index is 0.850. The topological polar surface area (TPSA) is 24.9 Å². The summed E-state index contributed by atoms with van der Waals surface area (Å²) in [4.78, 5) is 4.29. The number of hydrogen-bond donors (Lipinski definition) is 1. The van der Waals surface area contributed by atoms with Gasteiger partial charge in [-0.2, -0.15) is 0 Å². The van der Waals surface area contributed by atoms with Crippen molar-refractivity contribution in [1.29, 1.82) is 0 Å². The van der Waals surface area contributed by atoms with E-state index in [0.717, 1.165) is 36.3 Å². The summed E-state index contributed by atoms with van der Waals surface area (Å²) in [5, 5.41) is 3.28. The fourth-order valence-electron chi connectivity index (χ4n) is 1.40. The maximum atomic E-state index is 5.27. The molecule has 1 aliphatic heterocycles. The number of fused-ring (bicyclic) bond motifs is 1. The van der Waals surface area contributed by atoms with Gasteiger partial charge in [0.25, 0.3) is 0 Å². The largest absolute Gasteiger partial charge is 0.384 e. The molecule has 2 heterocycles. The van der Waals surface area contributed by atoms with E-state index in [4.69, 9.17) is 6.42 Å². The monoisotopic (exact) mass is 158 g/mol. The molecule has 0 amide bonds. The summed E-state index contributed by atoms with van der Waals surface area (Å²) in [6.07, 6.45) is 9.25. The first-order valence-corrected chi connectivity index (χ1v) is 4.09. The number of nitrogens with zero attached hydrogens (tertiary/aromatic N) is 1. The number of nitrogens with one attached hydrogen (secondary N) is 1. The van der Waals surface area contributed by atoms with Gasteiger partial charge in [-0.05, 0) is 18.9 Å². The Morgan fingerprint density at radius 3 is 3.33 bits per heavy atom. The lowest BCUT2D eigenvalue weighted by Crippen LogP contribution is -2.13. The fraction of sp³-hybridized carbons (Fsp3) is 0.300. The Labute approximate surface area is 72.0 Å². The molecule has 1 N–H and O–H groups in total. The van der Waals surface area contributed by atoms with Crippen LogP contribution in [0, 0.1) is 12.3 Å². The molecule has 0 atom stereocenters. The maximum Gasteiger partial charge on any atom is 0.0636 e. The molecule has 0 fully saturated rings. The maximum absolute atomic E-state index is 5.27. The summed E-state index contributed by atoms with van der Waals surface area (Å²) in [6.45, 7) is 1.03. The molecule has 60 valence electrons. The third-order valence-electron chi connectivity index (χ3n) is 2.04. The minimum Gasteiger partial charge on any atom is -0.384 e. The zero-order valence-electron chi connectivity index (χ0n) is 6.80. The Morgan fingerprint density at radius 2 is 2.50 bits per heavy atom. The summed E-state index contributed by atoms with van der Waals surface area (Å²) in [7, 11) is 0. The van der Waals surface area contributed by atoms with Crippen LogP contribution in [-0.4, -0.2) is 11.5 Å². The van der Waals surface area contributed by atoms with Gasteiger partial charge in [0.05, 0.1) is 11.4 Å². The summed E-state index contributed by atoms with van der Waals surface area (Å²) in [5.74, 6) is 2.57. The molecule has 2 nitrogen and oxygen atoms in total. The van der Waals surface area contributed by atoms with Crippen molar-refractivity contribution in [3.63, 3.8) is 0 Å². The van der Waals surface area contributed by atoms with Crippen molar-refractivity contribution in [1.82, 2.24) is 4.98 Å². The third kappa shape index (κ3) is 1.14. The van der Waals surface area contributed by atoms with Gasteiger partial charge >= 0.3 is 0 Å². The molecule has 0 aliphatic carbocycles. The van der Waals surface area contributed by atoms with E-state index in [1.54, 1.807) is 6.20 Å². The van der Waals surface area contributed by atoms with Crippen LogP contribution >= 0.6 is 0 Å². The molecule has 0 aromatic carbocycles. The van der Waals surface area contributed by atoms with Gasteiger partial charge in [-0.1, -0.05) is 5.92 Å². The number of aryl methyl sites for hydroxylation is 1. The van der Waals surface area contributed by atoms with Crippen LogP contribution < -0.4 is 5.32 Å². The standard InChI is InChI=1S/C10H10N2/c1-2-8-6-10-9(12-7-8)4-3-5-11-10/h1,6-7,11H,3-5H2. The first-order valence-electron chi connectivity index (χ1n) is 4.09. The lowest BCUT2D eigenvalue weighted by atomic mass is 10.1. The van der Waals surface area contributed by atoms with Crippen LogP contribution in [0.1, 0.15) is 17.7 Å². The van der Waals surface area contributed by atoms with E-state index in [-0.39, 0.29) is 0 Å². The van der Waals surface area contributed by atoms with Crippen molar-refractivity contribution < 1.29 is 0 Å². The van der Waals surface area contributed by atoms with E-state index >= 15 is 0 Å². The van der Waals surface area contributed by atoms with Gasteiger partial charge < -0.3 is 5.32 Å². The molecular weight excluding hydrogens is 148 g/mol. The van der Waals surface area contributed by atoms with Crippen LogP contribution in [0.3, 0.4) is 0 Å². The van der Waals surface area contributed by atoms with E-state index in [2.05, 4.69) is 16.2 Å². The molecule has 2 heteroatoms. The number of terminal acetylenes is 1. The van der Waals surface area contributed by atoms with E-state index in [1.807, 2.05) is 6.07 Å². The van der Waals surface area contributed by atoms with E-state index < -0.39 is 0 Å². The lowest BCUT2D eigenvalue weighted by molar-refractivity contribution is 0.801. The summed E-state index contributed by atoms with van der Waals surface area (Å²) in [6, 6.07) is 1.99. The third-order valence-corrected chi connectivity index (χ3v) is 2.04. The highest BCUT2D eigenvalue weighted by atomic mass is 14.9. The molecule has 1 aliphatic rings. The molecular formula is C10H10N2. The molecule has 0 unspecified atom stereocenters. The van der Waals surface area contributed by atoms with Gasteiger partial charge in [-0.3, -0.25) is 4.98 Å². The number of aromatic nitrogens is 1. The number of hydrogen-bond acceptors (Lipinski definition) is 2. The number of rotatable bonds is 0. The van der Waals surface area contributed by atoms with Crippen LogP contribution in [0.4, 0.5) is 5.69 Å². The van der Waals surface area contributed by atoms with E-state index in [1.165, 1.54) is 0 Å². The van der Waals surface area contributed by atoms with Crippen molar-refractivity contribution >= 4 is 5.69 Å². The predicted octanol–water partition coefficient (Wildman–Crippen LogP) is 1.42. The van der Waals surface area contributed by atoms with Gasteiger partial charge in [0.1, 0.15) is 0 Å². The molecule has 2 rings (SSSR count). The summed E-state index contributed by atoms with van der Waals surface area (Å²) in [5.41, 5.74) is 3.10. The molecule has 0 bridgehead atoms. The van der Waals surface area contributed by atoms with Crippen molar-refractivity contribution in [2.24, 2.45) is 0 Å². The number of pyridine rings is 1. The summed E-state index contributed by atoms with van der Waals surface area (Å²) < 4.78 is 0. The first kappa shape index (κ1) is 7.17. The van der Waals surface area contributed by atoms with Crippen LogP contribution in [-0.2, 0) is 6.42 Å². The highest BCUT2D eigenvalue weighted by Gasteiger charge is 2.08. The fourth-order valence-corrected chi connectivity index (χ4v) is 1.40. The zero-order chi connectivity index (χ0) is 8.39. The molecule has 1 aromatic heterocycles. The quantitative estimate of drug-likeness (QED) is 0.577. The Balaban J connectivity index is 2.44. The average molecular weight is 158 g/mol. The van der Waals surface area contributed by atoms with Gasteiger partial charge in [0.2, 0.25) is 0 Å². The Bertz CT molecular complexity index is 336. The Morgan fingerprint density at radius 1 is 1.58 bits per heavy atom. The smallest absolute Gasteiger partial charge is 0.0636 e. The van der Waals surface area contributed by atoms with Gasteiger partial charge in [-0.25, -0.2) is 0 Å².